The Morgan fingerprint density at radius 2 is 1.75 bits per heavy atom. The number of likely N-dealkylation sites (tertiary alicyclic amines) is 1. The molecule has 1 aromatic heterocycles. The van der Waals surface area contributed by atoms with Crippen LogP contribution in [0.2, 0.25) is 0 Å². The molecule has 1 spiro atoms. The van der Waals surface area contributed by atoms with Crippen LogP contribution in [0.25, 0.3) is 11.1 Å². The predicted molar refractivity (Wildman–Crippen MR) is 130 cm³/mol. The molecular formula is C29H30N2O. The molecule has 0 N–H and O–H groups in total. The standard InChI is InChI=1S/C29H30N2O/c1-19-5-3-4-6-22(19)21-15-25-23(9-10-27(25)30-18-21)20-7-8-24-26(16-20)29(17-28(24)32)11-13-31(2)14-12-29/h5-9,15-16,18H,3-4,10-14,17H2,1-2H3. The number of ketones is 1. The van der Waals surface area contributed by atoms with Crippen LogP contribution in [-0.2, 0) is 11.8 Å². The van der Waals surface area contributed by atoms with Gasteiger partial charge in [-0.1, -0.05) is 30.4 Å². The number of hydrogen-bond acceptors (Lipinski definition) is 3. The molecule has 3 nitrogen and oxygen atoms in total. The van der Waals surface area contributed by atoms with E-state index in [0.717, 1.165) is 56.5 Å². The summed E-state index contributed by atoms with van der Waals surface area (Å²) in [5.74, 6) is 0.326. The molecule has 0 radical (unpaired) electrons. The van der Waals surface area contributed by atoms with Gasteiger partial charge in [0.1, 0.15) is 0 Å². The number of pyridine rings is 1. The summed E-state index contributed by atoms with van der Waals surface area (Å²) in [6, 6.07) is 8.92. The molecule has 1 fully saturated rings. The van der Waals surface area contributed by atoms with Crippen LogP contribution in [0, 0.1) is 0 Å². The van der Waals surface area contributed by atoms with Gasteiger partial charge in [0, 0.05) is 41.1 Å². The number of carbonyl (C=O) groups excluding carboxylic acids is 1. The summed E-state index contributed by atoms with van der Waals surface area (Å²) in [5, 5.41) is 0. The zero-order chi connectivity index (χ0) is 21.9. The third-order valence-electron chi connectivity index (χ3n) is 8.11. The van der Waals surface area contributed by atoms with Crippen LogP contribution >= 0.6 is 0 Å². The van der Waals surface area contributed by atoms with Crippen molar-refractivity contribution >= 4 is 16.9 Å². The first-order valence-electron chi connectivity index (χ1n) is 12.0. The van der Waals surface area contributed by atoms with Gasteiger partial charge in [0.05, 0.1) is 5.69 Å². The Kier molecular flexibility index (Phi) is 4.58. The Labute approximate surface area is 190 Å². The minimum Gasteiger partial charge on any atom is -0.306 e. The average molecular weight is 423 g/mol. The molecule has 0 bridgehead atoms. The van der Waals surface area contributed by atoms with Crippen molar-refractivity contribution in [3.8, 4) is 0 Å². The molecule has 0 amide bonds. The Morgan fingerprint density at radius 3 is 2.56 bits per heavy atom. The maximum Gasteiger partial charge on any atom is 0.164 e. The number of fused-ring (bicyclic) bond motifs is 3. The summed E-state index contributed by atoms with van der Waals surface area (Å²) >= 11 is 0. The van der Waals surface area contributed by atoms with E-state index < -0.39 is 0 Å². The minimum absolute atomic E-state index is 0.0336. The van der Waals surface area contributed by atoms with Crippen molar-refractivity contribution in [2.24, 2.45) is 0 Å². The van der Waals surface area contributed by atoms with Gasteiger partial charge in [-0.15, -0.1) is 0 Å². The summed E-state index contributed by atoms with van der Waals surface area (Å²) in [4.78, 5) is 20.1. The van der Waals surface area contributed by atoms with Gasteiger partial charge >= 0.3 is 0 Å². The largest absolute Gasteiger partial charge is 0.306 e. The first kappa shape index (κ1) is 19.9. The smallest absolute Gasteiger partial charge is 0.164 e. The normalized spacial score (nSPS) is 21.8. The lowest BCUT2D eigenvalue weighted by Gasteiger charge is -2.38. The molecule has 0 saturated carbocycles. The van der Waals surface area contributed by atoms with Crippen LogP contribution in [0.5, 0.6) is 0 Å². The van der Waals surface area contributed by atoms with Crippen LogP contribution in [-0.4, -0.2) is 35.8 Å². The molecular weight excluding hydrogens is 392 g/mol. The lowest BCUT2D eigenvalue weighted by Crippen LogP contribution is -2.39. The summed E-state index contributed by atoms with van der Waals surface area (Å²) in [6.07, 6.45) is 15.0. The van der Waals surface area contributed by atoms with Crippen molar-refractivity contribution in [1.82, 2.24) is 9.88 Å². The molecule has 2 heterocycles. The topological polar surface area (TPSA) is 33.2 Å². The van der Waals surface area contributed by atoms with Gasteiger partial charge in [0.15, 0.2) is 5.78 Å². The number of benzene rings is 1. The van der Waals surface area contributed by atoms with E-state index in [4.69, 9.17) is 4.98 Å². The van der Waals surface area contributed by atoms with Crippen molar-refractivity contribution < 1.29 is 4.79 Å². The Hall–Kier alpha value is -2.78. The number of rotatable bonds is 2. The number of piperidine rings is 1. The zero-order valence-electron chi connectivity index (χ0n) is 19.1. The fraction of sp³-hybridized carbons (Fsp3) is 0.379. The molecule has 6 rings (SSSR count). The van der Waals surface area contributed by atoms with Gasteiger partial charge in [-0.25, -0.2) is 0 Å². The van der Waals surface area contributed by atoms with E-state index in [9.17, 15) is 4.79 Å². The van der Waals surface area contributed by atoms with E-state index in [1.54, 1.807) is 0 Å². The van der Waals surface area contributed by atoms with Gasteiger partial charge in [0.2, 0.25) is 0 Å². The number of carbonyl (C=O) groups is 1. The molecule has 32 heavy (non-hydrogen) atoms. The molecule has 4 aliphatic rings. The second-order valence-electron chi connectivity index (χ2n) is 10.1. The van der Waals surface area contributed by atoms with Crippen LogP contribution in [0.4, 0.5) is 0 Å². The van der Waals surface area contributed by atoms with E-state index in [0.29, 0.717) is 12.2 Å². The SMILES string of the molecule is CC1=CCCC=C1c1cnc2c(c1)C(c1ccc3c(c1)C1(CCN(C)CC1)CC3=O)=CC2. The van der Waals surface area contributed by atoms with Crippen LogP contribution < -0.4 is 0 Å². The fourth-order valence-electron chi connectivity index (χ4n) is 6.15. The molecule has 2 aromatic rings. The molecule has 1 aromatic carbocycles. The van der Waals surface area contributed by atoms with Gasteiger partial charge in [-0.2, -0.15) is 0 Å². The van der Waals surface area contributed by atoms with Crippen LogP contribution in [0.1, 0.15) is 77.3 Å². The highest BCUT2D eigenvalue weighted by molar-refractivity contribution is 6.03. The summed E-state index contributed by atoms with van der Waals surface area (Å²) < 4.78 is 0. The Bertz CT molecular complexity index is 1220. The van der Waals surface area contributed by atoms with Crippen molar-refractivity contribution in [2.45, 2.75) is 50.9 Å². The monoisotopic (exact) mass is 422 g/mol. The highest BCUT2D eigenvalue weighted by Gasteiger charge is 2.44. The quantitative estimate of drug-likeness (QED) is 0.618. The fourth-order valence-corrected chi connectivity index (χ4v) is 6.15. The highest BCUT2D eigenvalue weighted by atomic mass is 16.1. The molecule has 3 heteroatoms. The number of hydrogen-bond donors (Lipinski definition) is 0. The van der Waals surface area contributed by atoms with Gasteiger partial charge in [-0.3, -0.25) is 9.78 Å². The summed E-state index contributed by atoms with van der Waals surface area (Å²) in [7, 11) is 2.19. The number of aromatic nitrogens is 1. The highest BCUT2D eigenvalue weighted by Crippen LogP contribution is 2.47. The minimum atomic E-state index is 0.0336. The second-order valence-corrected chi connectivity index (χ2v) is 10.1. The number of Topliss-reactive ketones (excluding diaryl/α,β-unsaturated/α-hetero) is 1. The second kappa shape index (κ2) is 7.38. The third kappa shape index (κ3) is 3.06. The van der Waals surface area contributed by atoms with E-state index >= 15 is 0 Å². The van der Waals surface area contributed by atoms with Gasteiger partial charge < -0.3 is 4.90 Å². The number of nitrogens with zero attached hydrogens (tertiary/aromatic N) is 2. The van der Waals surface area contributed by atoms with E-state index in [1.807, 2.05) is 6.20 Å². The molecule has 162 valence electrons. The van der Waals surface area contributed by atoms with Gasteiger partial charge in [0.25, 0.3) is 0 Å². The van der Waals surface area contributed by atoms with E-state index in [-0.39, 0.29) is 5.41 Å². The Morgan fingerprint density at radius 1 is 0.938 bits per heavy atom. The third-order valence-corrected chi connectivity index (χ3v) is 8.11. The summed E-state index contributed by atoms with van der Waals surface area (Å²) in [6.45, 7) is 4.34. The first-order valence-corrected chi connectivity index (χ1v) is 12.0. The van der Waals surface area contributed by atoms with Crippen molar-refractivity contribution in [3.05, 3.63) is 87.8 Å². The zero-order valence-corrected chi connectivity index (χ0v) is 19.1. The lowest BCUT2D eigenvalue weighted by molar-refractivity contribution is 0.0945. The van der Waals surface area contributed by atoms with E-state index in [2.05, 4.69) is 61.4 Å². The Balaban J connectivity index is 1.39. The number of allylic oxidation sites excluding steroid dienone is 5. The van der Waals surface area contributed by atoms with Crippen LogP contribution in [0.15, 0.2) is 54.3 Å². The molecule has 0 atom stereocenters. The molecule has 3 aliphatic carbocycles. The molecule has 0 unspecified atom stereocenters. The van der Waals surface area contributed by atoms with Crippen LogP contribution in [0.3, 0.4) is 0 Å². The van der Waals surface area contributed by atoms with Crippen molar-refractivity contribution in [2.75, 3.05) is 20.1 Å². The first-order chi connectivity index (χ1) is 15.5. The van der Waals surface area contributed by atoms with Crippen molar-refractivity contribution in [3.63, 3.8) is 0 Å². The maximum atomic E-state index is 12.9. The average Bonchev–Trinajstić information content (AvgIpc) is 3.35. The van der Waals surface area contributed by atoms with Crippen molar-refractivity contribution in [1.29, 1.82) is 0 Å². The maximum absolute atomic E-state index is 12.9. The van der Waals surface area contributed by atoms with Gasteiger partial charge in [-0.05, 0) is 92.7 Å². The molecule has 1 saturated heterocycles. The lowest BCUT2D eigenvalue weighted by atomic mass is 9.73. The van der Waals surface area contributed by atoms with E-state index in [1.165, 1.54) is 39.0 Å². The molecule has 1 aliphatic heterocycles. The predicted octanol–water partition coefficient (Wildman–Crippen LogP) is 5.74. The summed E-state index contributed by atoms with van der Waals surface area (Å²) in [5.41, 5.74) is 11.1.